The molecule has 0 bridgehead atoms. The van der Waals surface area contributed by atoms with Gasteiger partial charge in [0, 0.05) is 12.1 Å². The van der Waals surface area contributed by atoms with Crippen molar-refractivity contribution in [3.8, 4) is 5.75 Å². The van der Waals surface area contributed by atoms with Crippen LogP contribution >= 0.6 is 0 Å². The Balaban J connectivity index is 1.54. The molecule has 0 saturated heterocycles. The van der Waals surface area contributed by atoms with E-state index in [-0.39, 0.29) is 0 Å². The van der Waals surface area contributed by atoms with Crippen molar-refractivity contribution in [3.63, 3.8) is 0 Å². The summed E-state index contributed by atoms with van der Waals surface area (Å²) >= 11 is 0. The van der Waals surface area contributed by atoms with Gasteiger partial charge in [0.05, 0.1) is 12.6 Å². The smallest absolute Gasteiger partial charge is 0.188 e. The summed E-state index contributed by atoms with van der Waals surface area (Å²) in [5.41, 5.74) is 7.07. The normalized spacial score (nSPS) is 19.9. The minimum absolute atomic E-state index is 0.374. The minimum Gasteiger partial charge on any atom is -0.490 e. The van der Waals surface area contributed by atoms with Gasteiger partial charge in [0.2, 0.25) is 0 Å². The molecule has 0 atom stereocenters. The number of guanidine groups is 1. The van der Waals surface area contributed by atoms with Crippen LogP contribution < -0.4 is 15.8 Å². The molecule has 0 spiro atoms. The Morgan fingerprint density at radius 2 is 1.91 bits per heavy atom. The number of nitrogens with one attached hydrogen (secondary N) is 1. The van der Waals surface area contributed by atoms with Gasteiger partial charge in [0.1, 0.15) is 5.75 Å². The van der Waals surface area contributed by atoms with Crippen molar-refractivity contribution in [3.05, 3.63) is 29.8 Å². The molecule has 4 nitrogen and oxygen atoms in total. The molecule has 0 amide bonds. The highest BCUT2D eigenvalue weighted by Crippen LogP contribution is 2.27. The standard InChI is InChI=1S/C18H27N3O/c19-18(20-12-14-6-5-7-14)21-13-15-8-1-4-11-17(15)22-16-9-2-3-10-16/h1,4,8,11,14,16H,2-3,5-7,9-10,12-13H2,(H3,19,20,21). The van der Waals surface area contributed by atoms with E-state index in [1.165, 1.54) is 44.9 Å². The number of rotatable bonds is 6. The third kappa shape index (κ3) is 4.15. The highest BCUT2D eigenvalue weighted by molar-refractivity contribution is 5.77. The van der Waals surface area contributed by atoms with E-state index in [9.17, 15) is 0 Å². The predicted octanol–water partition coefficient (Wildman–Crippen LogP) is 3.21. The van der Waals surface area contributed by atoms with Gasteiger partial charge in [-0.15, -0.1) is 0 Å². The third-order valence-electron chi connectivity index (χ3n) is 4.78. The molecule has 0 heterocycles. The number of nitrogens with zero attached hydrogens (tertiary/aromatic N) is 1. The average Bonchev–Trinajstić information content (AvgIpc) is 2.98. The summed E-state index contributed by atoms with van der Waals surface area (Å²) in [6.07, 6.45) is 9.27. The van der Waals surface area contributed by atoms with Crippen molar-refractivity contribution < 1.29 is 4.74 Å². The number of benzene rings is 1. The zero-order valence-corrected chi connectivity index (χ0v) is 13.3. The van der Waals surface area contributed by atoms with E-state index >= 15 is 0 Å². The van der Waals surface area contributed by atoms with Crippen LogP contribution in [0.2, 0.25) is 0 Å². The van der Waals surface area contributed by atoms with E-state index in [0.29, 0.717) is 18.6 Å². The monoisotopic (exact) mass is 301 g/mol. The summed E-state index contributed by atoms with van der Waals surface area (Å²) in [5, 5.41) is 3.23. The van der Waals surface area contributed by atoms with Crippen LogP contribution in [-0.4, -0.2) is 18.6 Å². The summed E-state index contributed by atoms with van der Waals surface area (Å²) in [5.74, 6) is 2.29. The lowest BCUT2D eigenvalue weighted by Crippen LogP contribution is -2.37. The fourth-order valence-electron chi connectivity index (χ4n) is 3.11. The lowest BCUT2D eigenvalue weighted by atomic mass is 9.85. The first-order valence-corrected chi connectivity index (χ1v) is 8.59. The van der Waals surface area contributed by atoms with Crippen molar-refractivity contribution in [2.45, 2.75) is 57.6 Å². The number of ether oxygens (including phenoxy) is 1. The molecule has 1 aromatic rings. The Morgan fingerprint density at radius 3 is 2.64 bits per heavy atom. The molecule has 3 rings (SSSR count). The molecule has 22 heavy (non-hydrogen) atoms. The molecule has 4 heteroatoms. The van der Waals surface area contributed by atoms with Gasteiger partial charge in [-0.2, -0.15) is 0 Å². The maximum absolute atomic E-state index is 6.13. The average molecular weight is 301 g/mol. The Kier molecular flexibility index (Phi) is 5.20. The zero-order chi connectivity index (χ0) is 15.2. The molecular formula is C18H27N3O. The van der Waals surface area contributed by atoms with Gasteiger partial charge in [-0.1, -0.05) is 24.6 Å². The maximum atomic E-state index is 6.13. The van der Waals surface area contributed by atoms with Crippen LogP contribution in [0.4, 0.5) is 0 Å². The summed E-state index contributed by atoms with van der Waals surface area (Å²) in [4.78, 5) is 4.46. The Hall–Kier alpha value is -1.71. The summed E-state index contributed by atoms with van der Waals surface area (Å²) in [6.45, 7) is 1.53. The quantitative estimate of drug-likeness (QED) is 0.626. The van der Waals surface area contributed by atoms with Crippen molar-refractivity contribution in [2.75, 3.05) is 6.54 Å². The van der Waals surface area contributed by atoms with Crippen LogP contribution in [0, 0.1) is 5.92 Å². The van der Waals surface area contributed by atoms with Crippen LogP contribution in [0.5, 0.6) is 5.75 Å². The topological polar surface area (TPSA) is 59.6 Å². The molecule has 120 valence electrons. The highest BCUT2D eigenvalue weighted by Gasteiger charge is 2.18. The fourth-order valence-corrected chi connectivity index (χ4v) is 3.11. The highest BCUT2D eigenvalue weighted by atomic mass is 16.5. The molecule has 0 unspecified atom stereocenters. The van der Waals surface area contributed by atoms with Crippen molar-refractivity contribution in [1.82, 2.24) is 5.32 Å². The number of para-hydroxylation sites is 1. The molecule has 3 N–H and O–H groups in total. The van der Waals surface area contributed by atoms with Crippen LogP contribution in [0.3, 0.4) is 0 Å². The molecule has 0 radical (unpaired) electrons. The molecule has 2 aliphatic carbocycles. The van der Waals surface area contributed by atoms with Crippen LogP contribution in [0.15, 0.2) is 29.3 Å². The molecule has 0 aliphatic heterocycles. The van der Waals surface area contributed by atoms with Gasteiger partial charge >= 0.3 is 0 Å². The van der Waals surface area contributed by atoms with Gasteiger partial charge in [-0.05, 0) is 50.5 Å². The van der Waals surface area contributed by atoms with Crippen LogP contribution in [0.1, 0.15) is 50.5 Å². The van der Waals surface area contributed by atoms with E-state index in [4.69, 9.17) is 10.5 Å². The third-order valence-corrected chi connectivity index (χ3v) is 4.78. The van der Waals surface area contributed by atoms with Crippen LogP contribution in [0.25, 0.3) is 0 Å². The first-order valence-electron chi connectivity index (χ1n) is 8.59. The second-order valence-corrected chi connectivity index (χ2v) is 6.51. The van der Waals surface area contributed by atoms with Gasteiger partial charge < -0.3 is 15.8 Å². The van der Waals surface area contributed by atoms with E-state index in [2.05, 4.69) is 16.4 Å². The van der Waals surface area contributed by atoms with Gasteiger partial charge in [0.15, 0.2) is 5.96 Å². The molecule has 0 aromatic heterocycles. The van der Waals surface area contributed by atoms with Crippen molar-refractivity contribution in [1.29, 1.82) is 0 Å². The second kappa shape index (κ2) is 7.52. The lowest BCUT2D eigenvalue weighted by Gasteiger charge is -2.25. The van der Waals surface area contributed by atoms with E-state index in [1.54, 1.807) is 0 Å². The number of nitrogens with two attached hydrogens (primary N) is 1. The zero-order valence-electron chi connectivity index (χ0n) is 13.3. The number of hydrogen-bond acceptors (Lipinski definition) is 2. The van der Waals surface area contributed by atoms with E-state index in [1.807, 2.05) is 18.2 Å². The minimum atomic E-state index is 0.374. The van der Waals surface area contributed by atoms with Crippen molar-refractivity contribution >= 4 is 5.96 Å². The Labute approximate surface area is 133 Å². The fraction of sp³-hybridized carbons (Fsp3) is 0.611. The second-order valence-electron chi connectivity index (χ2n) is 6.51. The summed E-state index contributed by atoms with van der Waals surface area (Å²) in [6, 6.07) is 8.17. The molecule has 2 fully saturated rings. The summed E-state index contributed by atoms with van der Waals surface area (Å²) in [7, 11) is 0. The van der Waals surface area contributed by atoms with E-state index < -0.39 is 0 Å². The molecule has 1 aromatic carbocycles. The van der Waals surface area contributed by atoms with Gasteiger partial charge in [0.25, 0.3) is 0 Å². The first kappa shape index (κ1) is 15.2. The van der Waals surface area contributed by atoms with Gasteiger partial charge in [-0.25, -0.2) is 4.99 Å². The summed E-state index contributed by atoms with van der Waals surface area (Å²) < 4.78 is 6.13. The number of aliphatic imine (C=N–C) groups is 1. The molecule has 2 aliphatic rings. The molecular weight excluding hydrogens is 274 g/mol. The van der Waals surface area contributed by atoms with Gasteiger partial charge in [-0.3, -0.25) is 0 Å². The Morgan fingerprint density at radius 1 is 1.14 bits per heavy atom. The molecule has 2 saturated carbocycles. The van der Waals surface area contributed by atoms with Crippen molar-refractivity contribution in [2.24, 2.45) is 16.6 Å². The largest absolute Gasteiger partial charge is 0.490 e. The SMILES string of the molecule is NC(=NCc1ccccc1OC1CCCC1)NCC1CCC1. The number of hydrogen-bond donors (Lipinski definition) is 2. The van der Waals surface area contributed by atoms with E-state index in [0.717, 1.165) is 23.8 Å². The Bertz CT molecular complexity index is 505. The first-order chi connectivity index (χ1) is 10.8. The predicted molar refractivity (Wildman–Crippen MR) is 90.0 cm³/mol. The maximum Gasteiger partial charge on any atom is 0.188 e. The van der Waals surface area contributed by atoms with Crippen LogP contribution in [-0.2, 0) is 6.54 Å². The lowest BCUT2D eigenvalue weighted by molar-refractivity contribution is 0.208.